The molecule has 1 aliphatic rings. The molecular formula is C18H19N5O2. The molecule has 0 saturated carbocycles. The molecule has 0 aliphatic carbocycles. The number of aromatic nitrogens is 2. The number of carbonyl (C=O) groups excluding carboxylic acids is 1. The number of amides is 1. The number of aryl methyl sites for hydroxylation is 1. The third-order valence-electron chi connectivity index (χ3n) is 4.36. The maximum atomic E-state index is 12.8. The van der Waals surface area contributed by atoms with Crippen molar-refractivity contribution in [1.29, 1.82) is 5.26 Å². The molecule has 1 saturated heterocycles. The van der Waals surface area contributed by atoms with E-state index in [9.17, 15) is 15.2 Å². The molecule has 3 rings (SSSR count). The molecule has 1 N–H and O–H groups in total. The molecule has 0 radical (unpaired) electrons. The highest BCUT2D eigenvalue weighted by Gasteiger charge is 2.30. The zero-order valence-corrected chi connectivity index (χ0v) is 14.2. The van der Waals surface area contributed by atoms with Gasteiger partial charge in [0.1, 0.15) is 11.8 Å². The van der Waals surface area contributed by atoms with Gasteiger partial charge in [0.05, 0.1) is 5.56 Å². The van der Waals surface area contributed by atoms with Crippen LogP contribution in [0.5, 0.6) is 5.75 Å². The van der Waals surface area contributed by atoms with E-state index in [4.69, 9.17) is 0 Å². The number of nitrogens with zero attached hydrogens (tertiary/aromatic N) is 5. The van der Waals surface area contributed by atoms with E-state index >= 15 is 0 Å². The van der Waals surface area contributed by atoms with E-state index in [0.717, 1.165) is 5.56 Å². The summed E-state index contributed by atoms with van der Waals surface area (Å²) in [5.41, 5.74) is 1.52. The maximum absolute atomic E-state index is 12.8. The van der Waals surface area contributed by atoms with Crippen molar-refractivity contribution in [1.82, 2.24) is 14.9 Å². The number of anilines is 1. The van der Waals surface area contributed by atoms with Crippen molar-refractivity contribution >= 4 is 11.7 Å². The minimum absolute atomic E-state index is 0.00841. The lowest BCUT2D eigenvalue weighted by atomic mass is 10.1. The third-order valence-corrected chi connectivity index (χ3v) is 4.36. The van der Waals surface area contributed by atoms with E-state index in [1.165, 1.54) is 6.20 Å². The Morgan fingerprint density at radius 3 is 2.80 bits per heavy atom. The summed E-state index contributed by atoms with van der Waals surface area (Å²) in [7, 11) is 0. The average molecular weight is 337 g/mol. The number of aromatic hydroxyl groups is 1. The molecule has 0 spiro atoms. The quantitative estimate of drug-likeness (QED) is 0.897. The fourth-order valence-corrected chi connectivity index (χ4v) is 3.07. The van der Waals surface area contributed by atoms with Gasteiger partial charge in [-0.15, -0.1) is 0 Å². The third kappa shape index (κ3) is 3.24. The number of phenolic OH excluding ortho intramolecular Hbond substituents is 1. The SMILES string of the molecule is Cc1ccc(O)c(C(=O)N2CCN(c3nccnc3C#N)C[C@H]2C)c1. The van der Waals surface area contributed by atoms with Gasteiger partial charge >= 0.3 is 0 Å². The maximum Gasteiger partial charge on any atom is 0.257 e. The molecule has 0 bridgehead atoms. The van der Waals surface area contributed by atoms with E-state index < -0.39 is 0 Å². The monoisotopic (exact) mass is 337 g/mol. The molecule has 1 aliphatic heterocycles. The molecule has 2 heterocycles. The number of benzene rings is 1. The predicted molar refractivity (Wildman–Crippen MR) is 92.3 cm³/mol. The summed E-state index contributed by atoms with van der Waals surface area (Å²) in [6.07, 6.45) is 3.05. The lowest BCUT2D eigenvalue weighted by Crippen LogP contribution is -2.54. The molecule has 0 unspecified atom stereocenters. The smallest absolute Gasteiger partial charge is 0.257 e. The summed E-state index contributed by atoms with van der Waals surface area (Å²) in [5.74, 6) is 0.348. The Bertz CT molecular complexity index is 846. The number of rotatable bonds is 2. The van der Waals surface area contributed by atoms with Crippen LogP contribution in [0.15, 0.2) is 30.6 Å². The molecule has 1 fully saturated rings. The van der Waals surface area contributed by atoms with Gasteiger partial charge in [-0.2, -0.15) is 5.26 Å². The van der Waals surface area contributed by atoms with E-state index in [-0.39, 0.29) is 23.4 Å². The second-order valence-corrected chi connectivity index (χ2v) is 6.15. The fraction of sp³-hybridized carbons (Fsp3) is 0.333. The Kier molecular flexibility index (Phi) is 4.52. The van der Waals surface area contributed by atoms with Crippen molar-refractivity contribution in [3.8, 4) is 11.8 Å². The lowest BCUT2D eigenvalue weighted by molar-refractivity contribution is 0.0670. The molecule has 1 aromatic heterocycles. The van der Waals surface area contributed by atoms with E-state index in [2.05, 4.69) is 16.0 Å². The molecule has 2 aromatic rings. The molecule has 1 amide bonds. The molecule has 7 nitrogen and oxygen atoms in total. The Labute approximate surface area is 146 Å². The number of carbonyl (C=O) groups is 1. The first-order valence-electron chi connectivity index (χ1n) is 8.08. The minimum Gasteiger partial charge on any atom is -0.507 e. The first-order chi connectivity index (χ1) is 12.0. The molecule has 128 valence electrons. The Morgan fingerprint density at radius 1 is 1.32 bits per heavy atom. The number of hydrogen-bond donors (Lipinski definition) is 1. The first kappa shape index (κ1) is 16.7. The summed E-state index contributed by atoms with van der Waals surface area (Å²) in [6.45, 7) is 5.41. The topological polar surface area (TPSA) is 93.3 Å². The zero-order valence-electron chi connectivity index (χ0n) is 14.2. The largest absolute Gasteiger partial charge is 0.507 e. The van der Waals surface area contributed by atoms with Crippen molar-refractivity contribution in [2.24, 2.45) is 0 Å². The van der Waals surface area contributed by atoms with E-state index in [1.807, 2.05) is 18.7 Å². The Morgan fingerprint density at radius 2 is 2.08 bits per heavy atom. The summed E-state index contributed by atoms with van der Waals surface area (Å²) >= 11 is 0. The van der Waals surface area contributed by atoms with Crippen LogP contribution < -0.4 is 4.90 Å². The van der Waals surface area contributed by atoms with Crippen LogP contribution in [0.4, 0.5) is 5.82 Å². The van der Waals surface area contributed by atoms with Gasteiger partial charge in [-0.1, -0.05) is 11.6 Å². The second kappa shape index (κ2) is 6.77. The molecular weight excluding hydrogens is 318 g/mol. The van der Waals surface area contributed by atoms with Crippen LogP contribution in [0.25, 0.3) is 0 Å². The first-order valence-corrected chi connectivity index (χ1v) is 8.08. The lowest BCUT2D eigenvalue weighted by Gasteiger charge is -2.40. The highest BCUT2D eigenvalue weighted by molar-refractivity contribution is 5.97. The molecule has 7 heteroatoms. The highest BCUT2D eigenvalue weighted by atomic mass is 16.3. The van der Waals surface area contributed by atoms with Gasteiger partial charge in [0, 0.05) is 38.1 Å². The van der Waals surface area contributed by atoms with Crippen molar-refractivity contribution in [2.75, 3.05) is 24.5 Å². The summed E-state index contributed by atoms with van der Waals surface area (Å²) in [4.78, 5) is 24.8. The van der Waals surface area contributed by atoms with Crippen molar-refractivity contribution in [3.63, 3.8) is 0 Å². The van der Waals surface area contributed by atoms with Crippen LogP contribution in [0, 0.1) is 18.3 Å². The molecule has 25 heavy (non-hydrogen) atoms. The van der Waals surface area contributed by atoms with Gasteiger partial charge < -0.3 is 14.9 Å². The van der Waals surface area contributed by atoms with Crippen LogP contribution in [0.1, 0.15) is 28.5 Å². The Balaban J connectivity index is 1.79. The molecule has 1 aromatic carbocycles. The van der Waals surface area contributed by atoms with Gasteiger partial charge in [0.25, 0.3) is 5.91 Å². The number of hydrogen-bond acceptors (Lipinski definition) is 6. The average Bonchev–Trinajstić information content (AvgIpc) is 2.63. The standard InChI is InChI=1S/C18H19N5O2/c1-12-3-4-16(24)14(9-12)18(25)23-8-7-22(11-13(23)2)17-15(10-19)20-5-6-21-17/h3-6,9,13,24H,7-8,11H2,1-2H3/t13-/m1/s1. The summed E-state index contributed by atoms with van der Waals surface area (Å²) in [6, 6.07) is 6.98. The fourth-order valence-electron chi connectivity index (χ4n) is 3.07. The Hall–Kier alpha value is -3.14. The zero-order chi connectivity index (χ0) is 18.0. The van der Waals surface area contributed by atoms with Crippen LogP contribution in [0.3, 0.4) is 0 Å². The van der Waals surface area contributed by atoms with Gasteiger partial charge in [-0.25, -0.2) is 9.97 Å². The predicted octanol–water partition coefficient (Wildman–Crippen LogP) is 1.71. The molecule has 1 atom stereocenters. The van der Waals surface area contributed by atoms with Crippen molar-refractivity contribution in [2.45, 2.75) is 19.9 Å². The van der Waals surface area contributed by atoms with Crippen molar-refractivity contribution in [3.05, 3.63) is 47.4 Å². The summed E-state index contributed by atoms with van der Waals surface area (Å²) in [5, 5.41) is 19.2. The minimum atomic E-state index is -0.187. The highest BCUT2D eigenvalue weighted by Crippen LogP contribution is 2.24. The van der Waals surface area contributed by atoms with Crippen LogP contribution in [-0.2, 0) is 0 Å². The summed E-state index contributed by atoms with van der Waals surface area (Å²) < 4.78 is 0. The number of phenols is 1. The number of nitriles is 1. The van der Waals surface area contributed by atoms with Gasteiger partial charge in [0.15, 0.2) is 11.5 Å². The van der Waals surface area contributed by atoms with Gasteiger partial charge in [-0.3, -0.25) is 4.79 Å². The van der Waals surface area contributed by atoms with E-state index in [1.54, 1.807) is 29.3 Å². The van der Waals surface area contributed by atoms with Crippen LogP contribution in [-0.4, -0.2) is 51.6 Å². The van der Waals surface area contributed by atoms with Crippen molar-refractivity contribution < 1.29 is 9.90 Å². The van der Waals surface area contributed by atoms with Crippen LogP contribution >= 0.6 is 0 Å². The normalized spacial score (nSPS) is 17.2. The second-order valence-electron chi connectivity index (χ2n) is 6.15. The van der Waals surface area contributed by atoms with Gasteiger partial charge in [0.2, 0.25) is 0 Å². The van der Waals surface area contributed by atoms with E-state index in [0.29, 0.717) is 31.0 Å². The number of piperazine rings is 1. The van der Waals surface area contributed by atoms with Gasteiger partial charge in [-0.05, 0) is 26.0 Å². The van der Waals surface area contributed by atoms with Crippen LogP contribution in [0.2, 0.25) is 0 Å².